The van der Waals surface area contributed by atoms with Gasteiger partial charge in [-0.1, -0.05) is 15.9 Å². The van der Waals surface area contributed by atoms with Crippen LogP contribution in [0.3, 0.4) is 0 Å². The monoisotopic (exact) mass is 337 g/mol. The van der Waals surface area contributed by atoms with Crippen molar-refractivity contribution < 1.29 is 9.53 Å². The van der Waals surface area contributed by atoms with E-state index in [0.717, 1.165) is 44.2 Å². The van der Waals surface area contributed by atoms with E-state index in [4.69, 9.17) is 4.74 Å². The Bertz CT molecular complexity index is 651. The summed E-state index contributed by atoms with van der Waals surface area (Å²) in [6, 6.07) is 5.82. The van der Waals surface area contributed by atoms with Gasteiger partial charge in [-0.25, -0.2) is 4.98 Å². The molecule has 2 aromatic rings. The van der Waals surface area contributed by atoms with Crippen LogP contribution in [0.15, 0.2) is 22.7 Å². The number of carbonyl (C=O) groups is 1. The average Bonchev–Trinajstić information content (AvgIpc) is 2.84. The molecule has 98 valence electrons. The molecule has 0 spiro atoms. The first-order chi connectivity index (χ1) is 9.19. The average molecular weight is 338 g/mol. The summed E-state index contributed by atoms with van der Waals surface area (Å²) in [6.07, 6.45) is 2.45. The van der Waals surface area contributed by atoms with Crippen molar-refractivity contribution in [3.63, 3.8) is 0 Å². The maximum atomic E-state index is 11.9. The lowest BCUT2D eigenvalue weighted by atomic mass is 10.0. The van der Waals surface area contributed by atoms with Gasteiger partial charge in [-0.05, 0) is 31.0 Å². The quantitative estimate of drug-likeness (QED) is 0.828. The summed E-state index contributed by atoms with van der Waals surface area (Å²) in [5, 5.41) is 0.860. The number of ketones is 1. The number of nitrogens with zero attached hydrogens (tertiary/aromatic N) is 1. The number of carbonyl (C=O) groups excluding carboxylic acids is 1. The summed E-state index contributed by atoms with van der Waals surface area (Å²) in [7, 11) is 1.64. The molecule has 0 saturated carbocycles. The van der Waals surface area contributed by atoms with E-state index in [0.29, 0.717) is 6.42 Å². The van der Waals surface area contributed by atoms with Crippen molar-refractivity contribution >= 4 is 33.0 Å². The SMILES string of the molecule is COc1ccc(Br)cc1-c1nc2c(s1)C(=O)CCC2. The minimum atomic E-state index is 0.221. The van der Waals surface area contributed by atoms with Crippen LogP contribution < -0.4 is 4.74 Å². The second-order valence-corrected chi connectivity index (χ2v) is 6.33. The Morgan fingerprint density at radius 1 is 1.37 bits per heavy atom. The van der Waals surface area contributed by atoms with Crippen LogP contribution in [-0.2, 0) is 6.42 Å². The van der Waals surface area contributed by atoms with E-state index in [2.05, 4.69) is 20.9 Å². The molecular weight excluding hydrogens is 326 g/mol. The fraction of sp³-hybridized carbons (Fsp3) is 0.286. The number of halogens is 1. The number of thiazole rings is 1. The molecule has 0 atom stereocenters. The molecule has 0 N–H and O–H groups in total. The Kier molecular flexibility index (Phi) is 3.41. The normalized spacial score (nSPS) is 14.3. The highest BCUT2D eigenvalue weighted by atomic mass is 79.9. The number of rotatable bonds is 2. The first kappa shape index (κ1) is 12.8. The van der Waals surface area contributed by atoms with Crippen LogP contribution in [0.5, 0.6) is 5.75 Å². The third kappa shape index (κ3) is 2.32. The zero-order valence-corrected chi connectivity index (χ0v) is 12.8. The molecule has 1 heterocycles. The summed E-state index contributed by atoms with van der Waals surface area (Å²) < 4.78 is 6.35. The number of ether oxygens (including phenoxy) is 1. The minimum absolute atomic E-state index is 0.221. The Balaban J connectivity index is 2.12. The van der Waals surface area contributed by atoms with Crippen LogP contribution in [-0.4, -0.2) is 17.9 Å². The van der Waals surface area contributed by atoms with Crippen LogP contribution in [0.1, 0.15) is 28.2 Å². The van der Waals surface area contributed by atoms with E-state index in [1.165, 1.54) is 11.3 Å². The van der Waals surface area contributed by atoms with Crippen LogP contribution in [0.2, 0.25) is 0 Å². The number of aromatic nitrogens is 1. The lowest BCUT2D eigenvalue weighted by Crippen LogP contribution is -2.07. The highest BCUT2D eigenvalue weighted by molar-refractivity contribution is 9.10. The molecule has 0 bridgehead atoms. The number of hydrogen-bond acceptors (Lipinski definition) is 4. The molecule has 0 radical (unpaired) electrons. The van der Waals surface area contributed by atoms with Crippen LogP contribution >= 0.6 is 27.3 Å². The van der Waals surface area contributed by atoms with Gasteiger partial charge < -0.3 is 4.74 Å². The van der Waals surface area contributed by atoms with Crippen molar-refractivity contribution in [1.82, 2.24) is 4.98 Å². The first-order valence-corrected chi connectivity index (χ1v) is 7.67. The summed E-state index contributed by atoms with van der Waals surface area (Å²) in [6.45, 7) is 0. The molecule has 3 nitrogen and oxygen atoms in total. The molecule has 0 aliphatic heterocycles. The van der Waals surface area contributed by atoms with Gasteiger partial charge in [-0.3, -0.25) is 4.79 Å². The third-order valence-electron chi connectivity index (χ3n) is 3.16. The lowest BCUT2D eigenvalue weighted by Gasteiger charge is -2.06. The summed E-state index contributed by atoms with van der Waals surface area (Å²) >= 11 is 4.93. The van der Waals surface area contributed by atoms with E-state index in [-0.39, 0.29) is 5.78 Å². The fourth-order valence-electron chi connectivity index (χ4n) is 2.23. The minimum Gasteiger partial charge on any atom is -0.496 e. The predicted molar refractivity (Wildman–Crippen MR) is 79.1 cm³/mol. The summed E-state index contributed by atoms with van der Waals surface area (Å²) in [5.41, 5.74) is 1.88. The second kappa shape index (κ2) is 5.06. The van der Waals surface area contributed by atoms with Gasteiger partial charge in [0, 0.05) is 10.9 Å². The van der Waals surface area contributed by atoms with E-state index < -0.39 is 0 Å². The number of fused-ring (bicyclic) bond motifs is 1. The molecule has 0 unspecified atom stereocenters. The van der Waals surface area contributed by atoms with Gasteiger partial charge >= 0.3 is 0 Å². The summed E-state index contributed by atoms with van der Waals surface area (Å²) in [5.74, 6) is 1.00. The van der Waals surface area contributed by atoms with E-state index in [1.807, 2.05) is 18.2 Å². The molecule has 0 amide bonds. The highest BCUT2D eigenvalue weighted by Crippen LogP contribution is 2.38. The number of aryl methyl sites for hydroxylation is 1. The van der Waals surface area contributed by atoms with Crippen molar-refractivity contribution in [3.05, 3.63) is 33.2 Å². The van der Waals surface area contributed by atoms with E-state index in [9.17, 15) is 4.79 Å². The van der Waals surface area contributed by atoms with E-state index >= 15 is 0 Å². The molecule has 0 saturated heterocycles. The Morgan fingerprint density at radius 2 is 2.21 bits per heavy atom. The van der Waals surface area contributed by atoms with Gasteiger partial charge in [0.05, 0.1) is 23.2 Å². The highest BCUT2D eigenvalue weighted by Gasteiger charge is 2.23. The fourth-order valence-corrected chi connectivity index (χ4v) is 3.69. The Labute approximate surface area is 123 Å². The van der Waals surface area contributed by atoms with Crippen molar-refractivity contribution in [3.8, 4) is 16.3 Å². The first-order valence-electron chi connectivity index (χ1n) is 6.06. The number of Topliss-reactive ketones (excluding diaryl/α,β-unsaturated/α-hetero) is 1. The Morgan fingerprint density at radius 3 is 2.95 bits per heavy atom. The number of benzene rings is 1. The van der Waals surface area contributed by atoms with Gasteiger partial charge in [-0.15, -0.1) is 11.3 Å². The maximum absolute atomic E-state index is 11.9. The zero-order valence-electron chi connectivity index (χ0n) is 10.4. The molecule has 19 heavy (non-hydrogen) atoms. The molecule has 0 fully saturated rings. The van der Waals surface area contributed by atoms with Crippen LogP contribution in [0.4, 0.5) is 0 Å². The number of hydrogen-bond donors (Lipinski definition) is 0. The maximum Gasteiger partial charge on any atom is 0.174 e. The molecule has 1 aliphatic carbocycles. The topological polar surface area (TPSA) is 39.2 Å². The largest absolute Gasteiger partial charge is 0.496 e. The van der Waals surface area contributed by atoms with Crippen LogP contribution in [0, 0.1) is 0 Å². The smallest absolute Gasteiger partial charge is 0.174 e. The van der Waals surface area contributed by atoms with Crippen molar-refractivity contribution in [2.45, 2.75) is 19.3 Å². The van der Waals surface area contributed by atoms with Gasteiger partial charge in [0.2, 0.25) is 0 Å². The molecule has 3 rings (SSSR count). The molecule has 5 heteroatoms. The van der Waals surface area contributed by atoms with Gasteiger partial charge in [0.15, 0.2) is 5.78 Å². The molecular formula is C14H12BrNO2S. The van der Waals surface area contributed by atoms with E-state index in [1.54, 1.807) is 7.11 Å². The van der Waals surface area contributed by atoms with Crippen molar-refractivity contribution in [2.24, 2.45) is 0 Å². The third-order valence-corrected chi connectivity index (χ3v) is 4.83. The van der Waals surface area contributed by atoms with Gasteiger partial charge in [0.25, 0.3) is 0 Å². The lowest BCUT2D eigenvalue weighted by molar-refractivity contribution is 0.0976. The Hall–Kier alpha value is -1.20. The summed E-state index contributed by atoms with van der Waals surface area (Å²) in [4.78, 5) is 17.3. The number of methoxy groups -OCH3 is 1. The van der Waals surface area contributed by atoms with Crippen LogP contribution in [0.25, 0.3) is 10.6 Å². The van der Waals surface area contributed by atoms with Gasteiger partial charge in [0.1, 0.15) is 10.8 Å². The predicted octanol–water partition coefficient (Wildman–Crippen LogP) is 4.10. The van der Waals surface area contributed by atoms with Crippen molar-refractivity contribution in [2.75, 3.05) is 7.11 Å². The molecule has 1 aromatic carbocycles. The molecule has 1 aliphatic rings. The standard InChI is InChI=1S/C14H12BrNO2S/c1-18-12-6-5-8(15)7-9(12)14-16-10-3-2-4-11(17)13(10)19-14/h5-7H,2-4H2,1H3. The zero-order chi connectivity index (χ0) is 13.4. The molecule has 1 aromatic heterocycles. The second-order valence-electron chi connectivity index (χ2n) is 4.42. The van der Waals surface area contributed by atoms with Gasteiger partial charge in [-0.2, -0.15) is 0 Å². The van der Waals surface area contributed by atoms with Crippen molar-refractivity contribution in [1.29, 1.82) is 0 Å².